The van der Waals surface area contributed by atoms with E-state index in [4.69, 9.17) is 14.2 Å². The van der Waals surface area contributed by atoms with E-state index in [1.165, 1.54) is 0 Å². The molecular weight excluding hydrogens is 426 g/mol. The third-order valence-electron chi connectivity index (χ3n) is 4.91. The molecule has 7 nitrogen and oxygen atoms in total. The number of hydrogen-bond donors (Lipinski definition) is 2. The molecule has 0 spiro atoms. The highest BCUT2D eigenvalue weighted by atomic mass is 79.9. The highest BCUT2D eigenvalue weighted by Gasteiger charge is 2.22. The molecule has 0 unspecified atom stereocenters. The standard InChI is InChI=1S/C20H30BrN3O4/c1-13-11-24(12-14(2)28-13)6-4-5-22-20(25)23-15(3)16-9-18-19(10-17(16)21)27-8-7-26-18/h9-10,13-15H,4-8,11-12H2,1-3H3,(H2,22,23,25)/t13-,14+,15-/m1/s1. The van der Waals surface area contributed by atoms with Crippen LogP contribution in [-0.4, -0.2) is 62.5 Å². The predicted molar refractivity (Wildman–Crippen MR) is 111 cm³/mol. The first-order valence-electron chi connectivity index (χ1n) is 9.93. The minimum Gasteiger partial charge on any atom is -0.486 e. The van der Waals surface area contributed by atoms with Crippen molar-refractivity contribution in [3.05, 3.63) is 22.2 Å². The van der Waals surface area contributed by atoms with Gasteiger partial charge in [0.15, 0.2) is 11.5 Å². The molecule has 1 fully saturated rings. The van der Waals surface area contributed by atoms with E-state index in [0.29, 0.717) is 25.5 Å². The van der Waals surface area contributed by atoms with Gasteiger partial charge >= 0.3 is 6.03 Å². The van der Waals surface area contributed by atoms with E-state index in [2.05, 4.69) is 45.3 Å². The van der Waals surface area contributed by atoms with Crippen LogP contribution in [-0.2, 0) is 4.74 Å². The van der Waals surface area contributed by atoms with Gasteiger partial charge in [-0.15, -0.1) is 0 Å². The largest absolute Gasteiger partial charge is 0.486 e. The fourth-order valence-corrected chi connectivity index (χ4v) is 4.37. The molecule has 3 atom stereocenters. The number of amides is 2. The summed E-state index contributed by atoms with van der Waals surface area (Å²) in [6.07, 6.45) is 1.45. The fraction of sp³-hybridized carbons (Fsp3) is 0.650. The first-order valence-corrected chi connectivity index (χ1v) is 10.7. The topological polar surface area (TPSA) is 72.1 Å². The Balaban J connectivity index is 1.42. The molecular formula is C20H30BrN3O4. The smallest absolute Gasteiger partial charge is 0.315 e. The summed E-state index contributed by atoms with van der Waals surface area (Å²) >= 11 is 3.56. The molecule has 2 aliphatic rings. The molecule has 2 aliphatic heterocycles. The van der Waals surface area contributed by atoms with E-state index in [1.54, 1.807) is 0 Å². The molecule has 3 rings (SSSR count). The van der Waals surface area contributed by atoms with Crippen molar-refractivity contribution in [2.24, 2.45) is 0 Å². The first-order chi connectivity index (χ1) is 13.4. The van der Waals surface area contributed by atoms with Crippen LogP contribution >= 0.6 is 15.9 Å². The van der Waals surface area contributed by atoms with Crippen molar-refractivity contribution in [3.63, 3.8) is 0 Å². The minimum absolute atomic E-state index is 0.161. The number of benzene rings is 1. The summed E-state index contributed by atoms with van der Waals surface area (Å²) in [5.74, 6) is 1.44. The Labute approximate surface area is 175 Å². The van der Waals surface area contributed by atoms with Crippen molar-refractivity contribution < 1.29 is 19.0 Å². The molecule has 2 heterocycles. The zero-order valence-electron chi connectivity index (χ0n) is 16.8. The number of urea groups is 1. The number of morpholine rings is 1. The van der Waals surface area contributed by atoms with E-state index < -0.39 is 0 Å². The molecule has 8 heteroatoms. The lowest BCUT2D eigenvalue weighted by Crippen LogP contribution is -2.46. The maximum atomic E-state index is 12.3. The van der Waals surface area contributed by atoms with Gasteiger partial charge in [-0.05, 0) is 44.9 Å². The van der Waals surface area contributed by atoms with Gasteiger partial charge in [0.05, 0.1) is 18.2 Å². The van der Waals surface area contributed by atoms with E-state index in [-0.39, 0.29) is 24.3 Å². The second-order valence-electron chi connectivity index (χ2n) is 7.51. The van der Waals surface area contributed by atoms with Gasteiger partial charge in [-0.1, -0.05) is 15.9 Å². The van der Waals surface area contributed by atoms with Gasteiger partial charge in [0, 0.05) is 30.7 Å². The second-order valence-corrected chi connectivity index (χ2v) is 8.36. The van der Waals surface area contributed by atoms with E-state index in [0.717, 1.165) is 41.8 Å². The molecule has 0 saturated carbocycles. The minimum atomic E-state index is -0.169. The fourth-order valence-electron chi connectivity index (χ4n) is 3.71. The van der Waals surface area contributed by atoms with Crippen LogP contribution in [0.5, 0.6) is 11.5 Å². The van der Waals surface area contributed by atoms with Gasteiger partial charge < -0.3 is 24.8 Å². The van der Waals surface area contributed by atoms with Crippen LogP contribution in [0, 0.1) is 0 Å². The lowest BCUT2D eigenvalue weighted by molar-refractivity contribution is -0.0679. The Bertz CT molecular complexity index is 678. The molecule has 2 amide bonds. The van der Waals surface area contributed by atoms with Gasteiger partial charge in [-0.3, -0.25) is 4.90 Å². The maximum absolute atomic E-state index is 12.3. The average Bonchev–Trinajstić information content (AvgIpc) is 2.64. The molecule has 1 saturated heterocycles. The van der Waals surface area contributed by atoms with E-state index in [9.17, 15) is 4.79 Å². The highest BCUT2D eigenvalue weighted by molar-refractivity contribution is 9.10. The molecule has 0 radical (unpaired) electrons. The quantitative estimate of drug-likeness (QED) is 0.644. The Kier molecular flexibility index (Phi) is 7.42. The number of halogens is 1. The Morgan fingerprint density at radius 2 is 1.86 bits per heavy atom. The van der Waals surface area contributed by atoms with Crippen molar-refractivity contribution in [2.75, 3.05) is 39.4 Å². The summed E-state index contributed by atoms with van der Waals surface area (Å²) in [6, 6.07) is 3.48. The number of hydrogen-bond acceptors (Lipinski definition) is 5. The number of carbonyl (C=O) groups is 1. The number of carbonyl (C=O) groups excluding carboxylic acids is 1. The molecule has 0 aromatic heterocycles. The summed E-state index contributed by atoms with van der Waals surface area (Å²) in [7, 11) is 0. The lowest BCUT2D eigenvalue weighted by atomic mass is 10.1. The monoisotopic (exact) mass is 455 g/mol. The molecule has 2 N–H and O–H groups in total. The molecule has 1 aromatic carbocycles. The van der Waals surface area contributed by atoms with Gasteiger partial charge in [-0.25, -0.2) is 4.79 Å². The second kappa shape index (κ2) is 9.80. The summed E-state index contributed by atoms with van der Waals surface area (Å²) in [6.45, 7) is 10.7. The predicted octanol–water partition coefficient (Wildman–Crippen LogP) is 3.08. The van der Waals surface area contributed by atoms with Gasteiger partial charge in [0.2, 0.25) is 0 Å². The summed E-state index contributed by atoms with van der Waals surface area (Å²) in [5.41, 5.74) is 0.954. The van der Waals surface area contributed by atoms with Crippen LogP contribution in [0.15, 0.2) is 16.6 Å². The van der Waals surface area contributed by atoms with Crippen molar-refractivity contribution in [3.8, 4) is 11.5 Å². The van der Waals surface area contributed by atoms with Crippen LogP contribution in [0.2, 0.25) is 0 Å². The van der Waals surface area contributed by atoms with Crippen LogP contribution in [0.1, 0.15) is 38.8 Å². The van der Waals surface area contributed by atoms with Crippen molar-refractivity contribution >= 4 is 22.0 Å². The highest BCUT2D eigenvalue weighted by Crippen LogP contribution is 2.37. The van der Waals surface area contributed by atoms with Gasteiger partial charge in [-0.2, -0.15) is 0 Å². The van der Waals surface area contributed by atoms with Gasteiger partial charge in [0.1, 0.15) is 13.2 Å². The van der Waals surface area contributed by atoms with Crippen LogP contribution in [0.3, 0.4) is 0 Å². The number of ether oxygens (including phenoxy) is 3. The normalized spacial score (nSPS) is 23.1. The number of fused-ring (bicyclic) bond motifs is 1. The molecule has 28 heavy (non-hydrogen) atoms. The average molecular weight is 456 g/mol. The molecule has 0 aliphatic carbocycles. The zero-order valence-corrected chi connectivity index (χ0v) is 18.4. The van der Waals surface area contributed by atoms with Crippen molar-refractivity contribution in [1.82, 2.24) is 15.5 Å². The van der Waals surface area contributed by atoms with Crippen molar-refractivity contribution in [1.29, 1.82) is 0 Å². The zero-order chi connectivity index (χ0) is 20.1. The Morgan fingerprint density at radius 1 is 1.21 bits per heavy atom. The molecule has 0 bridgehead atoms. The SMILES string of the molecule is C[C@@H]1CN(CCCNC(=O)N[C@H](C)c2cc3c(cc2Br)OCCO3)C[C@H](C)O1. The van der Waals surface area contributed by atoms with Gasteiger partial charge in [0.25, 0.3) is 0 Å². The Morgan fingerprint density at radius 3 is 2.54 bits per heavy atom. The summed E-state index contributed by atoms with van der Waals surface area (Å²) in [4.78, 5) is 14.7. The van der Waals surface area contributed by atoms with Crippen LogP contribution < -0.4 is 20.1 Å². The third kappa shape index (κ3) is 5.75. The van der Waals surface area contributed by atoms with E-state index >= 15 is 0 Å². The number of rotatable bonds is 6. The van der Waals surface area contributed by atoms with Crippen LogP contribution in [0.25, 0.3) is 0 Å². The first kappa shape index (κ1) is 21.2. The van der Waals surface area contributed by atoms with E-state index in [1.807, 2.05) is 19.1 Å². The van der Waals surface area contributed by atoms with Crippen molar-refractivity contribution in [2.45, 2.75) is 45.4 Å². The summed E-state index contributed by atoms with van der Waals surface area (Å²) < 4.78 is 17.9. The number of nitrogens with one attached hydrogen (secondary N) is 2. The summed E-state index contributed by atoms with van der Waals surface area (Å²) in [5, 5.41) is 5.93. The molecule has 156 valence electrons. The molecule has 1 aromatic rings. The maximum Gasteiger partial charge on any atom is 0.315 e. The number of nitrogens with zero attached hydrogens (tertiary/aromatic N) is 1. The Hall–Kier alpha value is -1.51. The van der Waals surface area contributed by atoms with Crippen LogP contribution in [0.4, 0.5) is 4.79 Å². The lowest BCUT2D eigenvalue weighted by Gasteiger charge is -2.35. The third-order valence-corrected chi connectivity index (χ3v) is 5.59.